The third-order valence-corrected chi connectivity index (χ3v) is 2.73. The normalized spacial score (nSPS) is 16.1. The first-order valence-electron chi connectivity index (χ1n) is 4.15. The molecule has 1 aromatic rings. The van der Waals surface area contributed by atoms with Crippen LogP contribution in [0.2, 0.25) is 10.0 Å². The molecule has 0 aliphatic carbocycles. The number of halogens is 2. The minimum absolute atomic E-state index is 0.0360. The lowest BCUT2D eigenvalue weighted by atomic mass is 10.1. The lowest BCUT2D eigenvalue weighted by Crippen LogP contribution is -1.94. The van der Waals surface area contributed by atoms with Crippen molar-refractivity contribution in [1.29, 1.82) is 0 Å². The van der Waals surface area contributed by atoms with Crippen molar-refractivity contribution in [2.24, 2.45) is 0 Å². The zero-order valence-corrected chi connectivity index (χ0v) is 9.17. The Morgan fingerprint density at radius 3 is 2.38 bits per heavy atom. The number of carbonyl (C=O) groups is 2. The number of carbonyl (C=O) groups excluding carboxylic acids is 1. The number of carboxylic acid groups (broad SMARTS) is 1. The van der Waals surface area contributed by atoms with Crippen LogP contribution in [0.5, 0.6) is 0 Å². The topological polar surface area (TPSA) is 63.6 Å². The molecule has 0 saturated heterocycles. The predicted molar refractivity (Wildman–Crippen MR) is 57.5 cm³/mol. The number of fused-ring (bicyclic) bond motifs is 1. The molecule has 0 atom stereocenters. The van der Waals surface area contributed by atoms with Gasteiger partial charge in [0, 0.05) is 5.56 Å². The Morgan fingerprint density at radius 2 is 1.81 bits per heavy atom. The molecular weight excluding hydrogens is 255 g/mol. The van der Waals surface area contributed by atoms with E-state index < -0.39 is 11.9 Å². The average Bonchev–Trinajstić information content (AvgIpc) is 2.44. The molecule has 4 nitrogen and oxygen atoms in total. The number of benzene rings is 1. The van der Waals surface area contributed by atoms with Crippen LogP contribution in [0.1, 0.15) is 15.9 Å². The van der Waals surface area contributed by atoms with Gasteiger partial charge in [-0.3, -0.25) is 0 Å². The minimum Gasteiger partial charge on any atom is -0.478 e. The second-order valence-electron chi connectivity index (χ2n) is 3.05. The summed E-state index contributed by atoms with van der Waals surface area (Å²) in [5.74, 6) is -1.88. The molecule has 0 unspecified atom stereocenters. The van der Waals surface area contributed by atoms with E-state index in [0.29, 0.717) is 5.56 Å². The maximum atomic E-state index is 11.4. The second kappa shape index (κ2) is 3.81. The van der Waals surface area contributed by atoms with Crippen LogP contribution in [0.4, 0.5) is 0 Å². The second-order valence-corrected chi connectivity index (χ2v) is 3.86. The summed E-state index contributed by atoms with van der Waals surface area (Å²) in [7, 11) is 0. The Hall–Kier alpha value is -1.52. The van der Waals surface area contributed by atoms with Gasteiger partial charge in [0.1, 0.15) is 5.76 Å². The highest BCUT2D eigenvalue weighted by Crippen LogP contribution is 2.35. The molecule has 1 heterocycles. The summed E-state index contributed by atoms with van der Waals surface area (Å²) in [5, 5.41) is 9.03. The van der Waals surface area contributed by atoms with E-state index in [9.17, 15) is 9.59 Å². The lowest BCUT2D eigenvalue weighted by Gasteiger charge is -1.98. The van der Waals surface area contributed by atoms with Crippen molar-refractivity contribution in [3.05, 3.63) is 39.4 Å². The van der Waals surface area contributed by atoms with Crippen LogP contribution < -0.4 is 0 Å². The van der Waals surface area contributed by atoms with Gasteiger partial charge in [-0.15, -0.1) is 0 Å². The van der Waals surface area contributed by atoms with Crippen molar-refractivity contribution in [2.45, 2.75) is 0 Å². The molecule has 0 bridgehead atoms. The predicted octanol–water partition coefficient (Wildman–Crippen LogP) is 2.59. The van der Waals surface area contributed by atoms with Gasteiger partial charge in [0.15, 0.2) is 0 Å². The standard InChI is InChI=1S/C10H4Cl2O4/c11-6-1-4-5(2-7(6)12)10(15)16-8(4)3-9(13)14/h1-3H,(H,13,14)/b8-3-. The number of esters is 1. The average molecular weight is 259 g/mol. The molecule has 0 fully saturated rings. The fourth-order valence-electron chi connectivity index (χ4n) is 1.35. The van der Waals surface area contributed by atoms with Gasteiger partial charge in [-0.25, -0.2) is 9.59 Å². The summed E-state index contributed by atoms with van der Waals surface area (Å²) < 4.78 is 4.78. The molecule has 0 saturated carbocycles. The number of cyclic esters (lactones) is 1. The van der Waals surface area contributed by atoms with E-state index in [1.54, 1.807) is 0 Å². The van der Waals surface area contributed by atoms with Gasteiger partial charge in [0.05, 0.1) is 21.7 Å². The maximum absolute atomic E-state index is 11.4. The molecule has 0 amide bonds. The molecule has 0 radical (unpaired) electrons. The van der Waals surface area contributed by atoms with Crippen molar-refractivity contribution >= 4 is 40.9 Å². The number of carboxylic acids is 1. The molecule has 1 aromatic carbocycles. The quantitative estimate of drug-likeness (QED) is 0.621. The number of aliphatic carboxylic acids is 1. The number of rotatable bonds is 1. The van der Waals surface area contributed by atoms with E-state index in [1.807, 2.05) is 0 Å². The van der Waals surface area contributed by atoms with Crippen molar-refractivity contribution in [3.8, 4) is 0 Å². The molecular formula is C10H4Cl2O4. The van der Waals surface area contributed by atoms with Crippen molar-refractivity contribution in [1.82, 2.24) is 0 Å². The van der Waals surface area contributed by atoms with Gasteiger partial charge < -0.3 is 9.84 Å². The molecule has 0 aromatic heterocycles. The minimum atomic E-state index is -1.21. The molecule has 1 aliphatic rings. The van der Waals surface area contributed by atoms with Crippen LogP contribution >= 0.6 is 23.2 Å². The monoisotopic (exact) mass is 258 g/mol. The highest BCUT2D eigenvalue weighted by atomic mass is 35.5. The van der Waals surface area contributed by atoms with Crippen LogP contribution in [-0.4, -0.2) is 17.0 Å². The van der Waals surface area contributed by atoms with Crippen LogP contribution in [-0.2, 0) is 9.53 Å². The summed E-state index contributed by atoms with van der Waals surface area (Å²) in [6.45, 7) is 0. The Morgan fingerprint density at radius 1 is 1.25 bits per heavy atom. The smallest absolute Gasteiger partial charge is 0.344 e. The van der Waals surface area contributed by atoms with Gasteiger partial charge in [0.25, 0.3) is 0 Å². The SMILES string of the molecule is O=C(O)/C=C1\OC(=O)c2cc(Cl)c(Cl)cc21. The van der Waals surface area contributed by atoms with Crippen LogP contribution in [0.25, 0.3) is 5.76 Å². The Balaban J connectivity index is 2.62. The molecule has 1 aliphatic heterocycles. The Labute approximate surface area is 100 Å². The van der Waals surface area contributed by atoms with Crippen molar-refractivity contribution < 1.29 is 19.4 Å². The first-order valence-corrected chi connectivity index (χ1v) is 4.91. The number of ether oxygens (including phenoxy) is 1. The largest absolute Gasteiger partial charge is 0.478 e. The molecule has 6 heteroatoms. The third-order valence-electron chi connectivity index (χ3n) is 2.00. The Bertz CT molecular complexity index is 534. The zero-order valence-electron chi connectivity index (χ0n) is 7.66. The molecule has 2 rings (SSSR count). The Kier molecular flexibility index (Phi) is 2.61. The van der Waals surface area contributed by atoms with Crippen molar-refractivity contribution in [2.75, 3.05) is 0 Å². The first kappa shape index (κ1) is 11.0. The van der Waals surface area contributed by atoms with Gasteiger partial charge in [0.2, 0.25) is 0 Å². The third kappa shape index (κ3) is 1.77. The van der Waals surface area contributed by atoms with E-state index in [-0.39, 0.29) is 21.4 Å². The van der Waals surface area contributed by atoms with E-state index in [1.165, 1.54) is 12.1 Å². The molecule has 16 heavy (non-hydrogen) atoms. The van der Waals surface area contributed by atoms with E-state index in [2.05, 4.69) is 0 Å². The molecule has 0 spiro atoms. The summed E-state index contributed by atoms with van der Waals surface area (Å²) in [5.41, 5.74) is 0.545. The molecule has 1 N–H and O–H groups in total. The lowest BCUT2D eigenvalue weighted by molar-refractivity contribution is -0.131. The van der Waals surface area contributed by atoms with Crippen LogP contribution in [0.15, 0.2) is 18.2 Å². The molecule has 82 valence electrons. The fraction of sp³-hybridized carbons (Fsp3) is 0. The highest BCUT2D eigenvalue weighted by Gasteiger charge is 2.28. The van der Waals surface area contributed by atoms with E-state index in [0.717, 1.165) is 6.08 Å². The van der Waals surface area contributed by atoms with Gasteiger partial charge in [-0.1, -0.05) is 23.2 Å². The summed E-state index contributed by atoms with van der Waals surface area (Å²) in [6.07, 6.45) is 0.800. The van der Waals surface area contributed by atoms with E-state index in [4.69, 9.17) is 33.0 Å². The van der Waals surface area contributed by atoms with Crippen LogP contribution in [0, 0.1) is 0 Å². The number of hydrogen-bond acceptors (Lipinski definition) is 3. The van der Waals surface area contributed by atoms with Gasteiger partial charge in [-0.05, 0) is 12.1 Å². The first-order chi connectivity index (χ1) is 7.49. The fourth-order valence-corrected chi connectivity index (χ4v) is 1.68. The summed E-state index contributed by atoms with van der Waals surface area (Å²) in [4.78, 5) is 21.9. The van der Waals surface area contributed by atoms with Crippen LogP contribution in [0.3, 0.4) is 0 Å². The zero-order chi connectivity index (χ0) is 11.9. The van der Waals surface area contributed by atoms with Gasteiger partial charge in [-0.2, -0.15) is 0 Å². The maximum Gasteiger partial charge on any atom is 0.344 e. The number of hydrogen-bond donors (Lipinski definition) is 1. The van der Waals surface area contributed by atoms with Crippen molar-refractivity contribution in [3.63, 3.8) is 0 Å². The highest BCUT2D eigenvalue weighted by molar-refractivity contribution is 6.42. The van der Waals surface area contributed by atoms with Gasteiger partial charge >= 0.3 is 11.9 Å². The summed E-state index contributed by atoms with van der Waals surface area (Å²) >= 11 is 11.5. The van der Waals surface area contributed by atoms with E-state index >= 15 is 0 Å². The summed E-state index contributed by atoms with van der Waals surface area (Å²) in [6, 6.07) is 2.75.